The Morgan fingerprint density at radius 3 is 2.09 bits per heavy atom. The molecular weight excluding hydrogens is 310 g/mol. The third-order valence-corrected chi connectivity index (χ3v) is 4.09. The van der Waals surface area contributed by atoms with Crippen LogP contribution < -0.4 is 5.73 Å². The van der Waals surface area contributed by atoms with Crippen molar-refractivity contribution in [3.05, 3.63) is 35.4 Å². The van der Waals surface area contributed by atoms with Crippen LogP contribution in [0.4, 0.5) is 0 Å². The number of carbonyl (C=O) groups is 1. The highest BCUT2D eigenvalue weighted by molar-refractivity contribution is 5.85. The van der Waals surface area contributed by atoms with E-state index < -0.39 is 6.04 Å². The van der Waals surface area contributed by atoms with Crippen molar-refractivity contribution in [2.75, 3.05) is 7.11 Å². The smallest absolute Gasteiger partial charge is 0.322 e. The molecule has 4 heteroatoms. The Hall–Kier alpha value is -1.06. The molecular formula is C19H32ClNO2. The first kappa shape index (κ1) is 21.9. The maximum atomic E-state index is 11.3. The molecule has 0 fully saturated rings. The summed E-state index contributed by atoms with van der Waals surface area (Å²) in [5.74, 6) is -0.334. The summed E-state index contributed by atoms with van der Waals surface area (Å²) >= 11 is 0. The Morgan fingerprint density at radius 2 is 1.52 bits per heavy atom. The number of ether oxygens (including phenoxy) is 1. The quantitative estimate of drug-likeness (QED) is 0.478. The lowest BCUT2D eigenvalue weighted by Gasteiger charge is -2.09. The van der Waals surface area contributed by atoms with Crippen LogP contribution in [0.25, 0.3) is 0 Å². The molecule has 3 nitrogen and oxygen atoms in total. The van der Waals surface area contributed by atoms with Gasteiger partial charge in [0.1, 0.15) is 6.04 Å². The first-order chi connectivity index (χ1) is 10.7. The predicted octanol–water partition coefficient (Wildman–Crippen LogP) is 4.44. The van der Waals surface area contributed by atoms with Crippen molar-refractivity contribution >= 4 is 18.4 Å². The van der Waals surface area contributed by atoms with Crippen molar-refractivity contribution in [2.24, 2.45) is 5.73 Å². The average molecular weight is 342 g/mol. The van der Waals surface area contributed by atoms with Gasteiger partial charge in [0.05, 0.1) is 7.11 Å². The summed E-state index contributed by atoms with van der Waals surface area (Å²) in [4.78, 5) is 11.3. The number of unbranched alkanes of at least 4 members (excludes halogenated alkanes) is 5. The van der Waals surface area contributed by atoms with Crippen LogP contribution in [0.5, 0.6) is 0 Å². The molecule has 2 N–H and O–H groups in total. The zero-order valence-electron chi connectivity index (χ0n) is 14.6. The Labute approximate surface area is 147 Å². The number of hydrogen-bond donors (Lipinski definition) is 1. The molecule has 0 saturated carbocycles. The van der Waals surface area contributed by atoms with Crippen molar-refractivity contribution in [1.29, 1.82) is 0 Å². The lowest BCUT2D eigenvalue weighted by molar-refractivity contribution is -0.142. The van der Waals surface area contributed by atoms with Crippen LogP contribution in [0, 0.1) is 0 Å². The number of methoxy groups -OCH3 is 1. The summed E-state index contributed by atoms with van der Waals surface area (Å²) in [5.41, 5.74) is 8.37. The minimum absolute atomic E-state index is 0. The van der Waals surface area contributed by atoms with E-state index in [1.807, 2.05) is 0 Å². The highest BCUT2D eigenvalue weighted by atomic mass is 35.5. The molecule has 0 aromatic heterocycles. The topological polar surface area (TPSA) is 52.3 Å². The lowest BCUT2D eigenvalue weighted by atomic mass is 10.0. The second kappa shape index (κ2) is 13.4. The molecule has 23 heavy (non-hydrogen) atoms. The fourth-order valence-corrected chi connectivity index (χ4v) is 2.57. The number of rotatable bonds is 11. The van der Waals surface area contributed by atoms with E-state index in [9.17, 15) is 4.79 Å². The van der Waals surface area contributed by atoms with Gasteiger partial charge in [0, 0.05) is 0 Å². The molecule has 0 radical (unpaired) electrons. The maximum absolute atomic E-state index is 11.3. The van der Waals surface area contributed by atoms with E-state index in [0.717, 1.165) is 12.8 Å². The molecule has 132 valence electrons. The Kier molecular flexibility index (Phi) is 12.8. The van der Waals surface area contributed by atoms with Crippen molar-refractivity contribution in [3.8, 4) is 0 Å². The first-order valence-electron chi connectivity index (χ1n) is 8.58. The second-order valence-electron chi connectivity index (χ2n) is 6.00. The fourth-order valence-electron chi connectivity index (χ4n) is 2.57. The van der Waals surface area contributed by atoms with E-state index >= 15 is 0 Å². The molecule has 0 amide bonds. The molecule has 1 atom stereocenters. The van der Waals surface area contributed by atoms with Crippen molar-refractivity contribution < 1.29 is 9.53 Å². The highest BCUT2D eigenvalue weighted by Crippen LogP contribution is 2.12. The number of nitrogens with two attached hydrogens (primary N) is 1. The van der Waals surface area contributed by atoms with Gasteiger partial charge in [-0.15, -0.1) is 12.4 Å². The monoisotopic (exact) mass is 341 g/mol. The zero-order valence-corrected chi connectivity index (χ0v) is 15.4. The van der Waals surface area contributed by atoms with Gasteiger partial charge in [-0.1, -0.05) is 63.3 Å². The van der Waals surface area contributed by atoms with Crippen molar-refractivity contribution in [2.45, 2.75) is 70.8 Å². The number of benzene rings is 1. The summed E-state index contributed by atoms with van der Waals surface area (Å²) in [6, 6.07) is 8.18. The Morgan fingerprint density at radius 1 is 1.00 bits per heavy atom. The zero-order chi connectivity index (χ0) is 16.2. The van der Waals surface area contributed by atoms with Gasteiger partial charge in [0.25, 0.3) is 0 Å². The second-order valence-corrected chi connectivity index (χ2v) is 6.00. The van der Waals surface area contributed by atoms with Crippen LogP contribution >= 0.6 is 12.4 Å². The molecule has 0 bridgehead atoms. The van der Waals surface area contributed by atoms with Gasteiger partial charge in [-0.05, 0) is 36.8 Å². The summed E-state index contributed by atoms with van der Waals surface area (Å²) in [6.45, 7) is 2.25. The Balaban J connectivity index is 0.00000484. The van der Waals surface area contributed by atoms with Crippen LogP contribution in [-0.2, 0) is 22.4 Å². The van der Waals surface area contributed by atoms with E-state index in [4.69, 9.17) is 5.73 Å². The Bertz CT molecular complexity index is 420. The van der Waals surface area contributed by atoms with Crippen LogP contribution in [-0.4, -0.2) is 19.1 Å². The SMILES string of the molecule is CCCCCCCCc1ccc(CCC(N)C(=O)OC)cc1.Cl. The number of halogens is 1. The standard InChI is InChI=1S/C19H31NO2.ClH/c1-3-4-5-6-7-8-9-16-10-12-17(13-11-16)14-15-18(20)19(21)22-2;/h10-13,18H,3-9,14-15,20H2,1-2H3;1H. The molecule has 1 aromatic carbocycles. The largest absolute Gasteiger partial charge is 0.468 e. The minimum Gasteiger partial charge on any atom is -0.468 e. The lowest BCUT2D eigenvalue weighted by Crippen LogP contribution is -2.31. The third kappa shape index (κ3) is 9.62. The molecule has 0 heterocycles. The van der Waals surface area contributed by atoms with E-state index in [1.165, 1.54) is 56.8 Å². The maximum Gasteiger partial charge on any atom is 0.322 e. The molecule has 0 aliphatic rings. The molecule has 0 aliphatic carbocycles. The van der Waals surface area contributed by atoms with E-state index in [2.05, 4.69) is 35.9 Å². The summed E-state index contributed by atoms with van der Waals surface area (Å²) in [5, 5.41) is 0. The summed E-state index contributed by atoms with van der Waals surface area (Å²) < 4.78 is 4.63. The molecule has 1 rings (SSSR count). The molecule has 1 unspecified atom stereocenters. The van der Waals surface area contributed by atoms with Gasteiger partial charge in [-0.2, -0.15) is 0 Å². The summed E-state index contributed by atoms with van der Waals surface area (Å²) in [6.07, 6.45) is 10.6. The van der Waals surface area contributed by atoms with Gasteiger partial charge in [0.15, 0.2) is 0 Å². The van der Waals surface area contributed by atoms with Crippen LogP contribution in [0.1, 0.15) is 63.0 Å². The number of esters is 1. The molecule has 0 saturated heterocycles. The van der Waals surface area contributed by atoms with Gasteiger partial charge >= 0.3 is 5.97 Å². The van der Waals surface area contributed by atoms with Crippen molar-refractivity contribution in [3.63, 3.8) is 0 Å². The van der Waals surface area contributed by atoms with Gasteiger partial charge < -0.3 is 10.5 Å². The van der Waals surface area contributed by atoms with Gasteiger partial charge in [-0.25, -0.2) is 0 Å². The fraction of sp³-hybridized carbons (Fsp3) is 0.632. The van der Waals surface area contributed by atoms with E-state index in [1.54, 1.807) is 0 Å². The molecule has 0 spiro atoms. The number of hydrogen-bond acceptors (Lipinski definition) is 3. The summed E-state index contributed by atoms with van der Waals surface area (Å²) in [7, 11) is 1.37. The van der Waals surface area contributed by atoms with Gasteiger partial charge in [-0.3, -0.25) is 4.79 Å². The normalized spacial score (nSPS) is 11.6. The molecule has 0 aliphatic heterocycles. The molecule has 1 aromatic rings. The van der Waals surface area contributed by atoms with E-state index in [0.29, 0.717) is 6.42 Å². The van der Waals surface area contributed by atoms with Crippen LogP contribution in [0.3, 0.4) is 0 Å². The van der Waals surface area contributed by atoms with Crippen LogP contribution in [0.15, 0.2) is 24.3 Å². The van der Waals surface area contributed by atoms with Crippen molar-refractivity contribution in [1.82, 2.24) is 0 Å². The number of aryl methyl sites for hydroxylation is 2. The predicted molar refractivity (Wildman–Crippen MR) is 99.1 cm³/mol. The van der Waals surface area contributed by atoms with Gasteiger partial charge in [0.2, 0.25) is 0 Å². The number of carbonyl (C=O) groups excluding carboxylic acids is 1. The van der Waals surface area contributed by atoms with Crippen LogP contribution in [0.2, 0.25) is 0 Å². The first-order valence-corrected chi connectivity index (χ1v) is 8.58. The third-order valence-electron chi connectivity index (χ3n) is 4.09. The van der Waals surface area contributed by atoms with E-state index in [-0.39, 0.29) is 18.4 Å². The minimum atomic E-state index is -0.521. The highest BCUT2D eigenvalue weighted by Gasteiger charge is 2.12. The average Bonchev–Trinajstić information content (AvgIpc) is 2.56.